The highest BCUT2D eigenvalue weighted by molar-refractivity contribution is 7.89. The Morgan fingerprint density at radius 3 is 2.95 bits per heavy atom. The van der Waals surface area contributed by atoms with E-state index in [4.69, 9.17) is 4.74 Å². The zero-order chi connectivity index (χ0) is 16.0. The van der Waals surface area contributed by atoms with Crippen LogP contribution < -0.4 is 14.8 Å². The average molecular weight is 326 g/mol. The van der Waals surface area contributed by atoms with Gasteiger partial charge in [0.2, 0.25) is 15.9 Å². The predicted molar refractivity (Wildman–Crippen MR) is 85.6 cm³/mol. The van der Waals surface area contributed by atoms with Gasteiger partial charge in [-0.25, -0.2) is 13.1 Å². The Bertz CT molecular complexity index is 628. The second-order valence-electron chi connectivity index (χ2n) is 5.29. The summed E-state index contributed by atoms with van der Waals surface area (Å²) in [6, 6.07) is 5.53. The van der Waals surface area contributed by atoms with Crippen molar-refractivity contribution in [1.29, 1.82) is 0 Å². The van der Waals surface area contributed by atoms with Crippen LogP contribution in [0.4, 0.5) is 5.69 Å². The fraction of sp³-hybridized carbons (Fsp3) is 0.533. The molecule has 2 rings (SSSR count). The second-order valence-corrected chi connectivity index (χ2v) is 7.22. The molecule has 0 unspecified atom stereocenters. The first-order valence-electron chi connectivity index (χ1n) is 7.53. The van der Waals surface area contributed by atoms with Gasteiger partial charge in [-0.2, -0.15) is 0 Å². The van der Waals surface area contributed by atoms with Crippen molar-refractivity contribution in [1.82, 2.24) is 4.72 Å². The van der Waals surface area contributed by atoms with Crippen LogP contribution in [-0.2, 0) is 21.2 Å². The molecular formula is C15H22N2O4S. The molecule has 1 aromatic rings. The van der Waals surface area contributed by atoms with Gasteiger partial charge in [-0.3, -0.25) is 4.79 Å². The Kier molecular flexibility index (Phi) is 5.79. The van der Waals surface area contributed by atoms with E-state index in [1.54, 1.807) is 0 Å². The molecule has 0 radical (unpaired) electrons. The molecule has 0 saturated carbocycles. The van der Waals surface area contributed by atoms with E-state index < -0.39 is 10.0 Å². The minimum absolute atomic E-state index is 0.0730. The summed E-state index contributed by atoms with van der Waals surface area (Å²) in [5, 5.41) is 2.79. The fourth-order valence-electron chi connectivity index (χ4n) is 2.18. The quantitative estimate of drug-likeness (QED) is 0.798. The smallest absolute Gasteiger partial charge is 0.227 e. The number of anilines is 1. The maximum atomic E-state index is 11.7. The highest BCUT2D eigenvalue weighted by Crippen LogP contribution is 2.28. The summed E-state index contributed by atoms with van der Waals surface area (Å²) in [5.74, 6) is 0.742. The normalized spacial score (nSPS) is 14.7. The van der Waals surface area contributed by atoms with Gasteiger partial charge in [0.1, 0.15) is 5.75 Å². The van der Waals surface area contributed by atoms with Crippen molar-refractivity contribution >= 4 is 21.6 Å². The molecule has 0 aliphatic carbocycles. The van der Waals surface area contributed by atoms with E-state index in [0.29, 0.717) is 43.9 Å². The van der Waals surface area contributed by atoms with Gasteiger partial charge in [-0.15, -0.1) is 0 Å². The van der Waals surface area contributed by atoms with Crippen molar-refractivity contribution in [3.8, 4) is 5.75 Å². The van der Waals surface area contributed by atoms with Crippen LogP contribution in [0.2, 0.25) is 0 Å². The van der Waals surface area contributed by atoms with Gasteiger partial charge in [0.25, 0.3) is 0 Å². The number of sulfonamides is 1. The van der Waals surface area contributed by atoms with Gasteiger partial charge in [-0.05, 0) is 30.5 Å². The molecular weight excluding hydrogens is 304 g/mol. The van der Waals surface area contributed by atoms with E-state index in [9.17, 15) is 13.2 Å². The van der Waals surface area contributed by atoms with Crippen molar-refractivity contribution in [3.05, 3.63) is 23.8 Å². The van der Waals surface area contributed by atoms with Crippen LogP contribution in [0.5, 0.6) is 5.75 Å². The van der Waals surface area contributed by atoms with Gasteiger partial charge in [0.15, 0.2) is 0 Å². The van der Waals surface area contributed by atoms with Crippen LogP contribution in [0.15, 0.2) is 18.2 Å². The number of benzene rings is 1. The fourth-order valence-corrected chi connectivity index (χ4v) is 3.41. The molecule has 1 heterocycles. The first-order valence-corrected chi connectivity index (χ1v) is 9.18. The SMILES string of the molecule is CCCCS(=O)(=O)NCCc1ccc2c(c1)NC(=O)CCO2. The molecule has 1 amide bonds. The summed E-state index contributed by atoms with van der Waals surface area (Å²) in [6.45, 7) is 2.68. The third kappa shape index (κ3) is 4.99. The molecule has 0 atom stereocenters. The van der Waals surface area contributed by atoms with Crippen LogP contribution >= 0.6 is 0 Å². The third-order valence-corrected chi connectivity index (χ3v) is 4.88. The number of hydrogen-bond acceptors (Lipinski definition) is 4. The van der Waals surface area contributed by atoms with Crippen LogP contribution in [0.25, 0.3) is 0 Å². The number of carbonyl (C=O) groups excluding carboxylic acids is 1. The standard InChI is InChI=1S/C15H22N2O4S/c1-2-3-10-22(19,20)16-8-6-12-4-5-14-13(11-12)17-15(18)7-9-21-14/h4-5,11,16H,2-3,6-10H2,1H3,(H,17,18). The van der Waals surface area contributed by atoms with Gasteiger partial charge in [0.05, 0.1) is 24.5 Å². The largest absolute Gasteiger partial charge is 0.491 e. The number of hydrogen-bond donors (Lipinski definition) is 2. The monoisotopic (exact) mass is 326 g/mol. The highest BCUT2D eigenvalue weighted by Gasteiger charge is 2.14. The second kappa shape index (κ2) is 7.60. The Morgan fingerprint density at radius 2 is 2.18 bits per heavy atom. The first kappa shape index (κ1) is 16.8. The van der Waals surface area contributed by atoms with E-state index in [0.717, 1.165) is 12.0 Å². The lowest BCUT2D eigenvalue weighted by Crippen LogP contribution is -2.28. The van der Waals surface area contributed by atoms with Crippen molar-refractivity contribution in [3.63, 3.8) is 0 Å². The number of rotatable bonds is 7. The van der Waals surface area contributed by atoms with E-state index in [1.165, 1.54) is 0 Å². The topological polar surface area (TPSA) is 84.5 Å². The van der Waals surface area contributed by atoms with Crippen LogP contribution in [0.3, 0.4) is 0 Å². The summed E-state index contributed by atoms with van der Waals surface area (Å²) in [5.41, 5.74) is 1.59. The zero-order valence-electron chi connectivity index (χ0n) is 12.7. The molecule has 0 fully saturated rings. The molecule has 22 heavy (non-hydrogen) atoms. The molecule has 2 N–H and O–H groups in total. The summed E-state index contributed by atoms with van der Waals surface area (Å²) in [7, 11) is -3.19. The van der Waals surface area contributed by atoms with Gasteiger partial charge >= 0.3 is 0 Å². The number of unbranched alkanes of at least 4 members (excludes halogenated alkanes) is 1. The van der Waals surface area contributed by atoms with E-state index in [-0.39, 0.29) is 11.7 Å². The van der Waals surface area contributed by atoms with Gasteiger partial charge in [-0.1, -0.05) is 19.4 Å². The zero-order valence-corrected chi connectivity index (χ0v) is 13.5. The number of fused-ring (bicyclic) bond motifs is 1. The summed E-state index contributed by atoms with van der Waals surface area (Å²) in [6.07, 6.45) is 2.42. The van der Waals surface area contributed by atoms with E-state index >= 15 is 0 Å². The summed E-state index contributed by atoms with van der Waals surface area (Å²) < 4.78 is 31.5. The van der Waals surface area contributed by atoms with Crippen molar-refractivity contribution in [2.75, 3.05) is 24.2 Å². The molecule has 1 aromatic carbocycles. The molecule has 7 heteroatoms. The minimum Gasteiger partial charge on any atom is -0.491 e. The lowest BCUT2D eigenvalue weighted by Gasteiger charge is -2.10. The van der Waals surface area contributed by atoms with E-state index in [1.807, 2.05) is 25.1 Å². The maximum absolute atomic E-state index is 11.7. The van der Waals surface area contributed by atoms with Gasteiger partial charge < -0.3 is 10.1 Å². The van der Waals surface area contributed by atoms with Crippen LogP contribution in [-0.4, -0.2) is 33.2 Å². The van der Waals surface area contributed by atoms with Crippen molar-refractivity contribution < 1.29 is 17.9 Å². The van der Waals surface area contributed by atoms with Crippen LogP contribution in [0.1, 0.15) is 31.7 Å². The highest BCUT2D eigenvalue weighted by atomic mass is 32.2. The number of ether oxygens (including phenoxy) is 1. The molecule has 0 aromatic heterocycles. The molecule has 0 spiro atoms. The molecule has 6 nitrogen and oxygen atoms in total. The molecule has 0 saturated heterocycles. The predicted octanol–water partition coefficient (Wildman–Crippen LogP) is 1.67. The van der Waals surface area contributed by atoms with Gasteiger partial charge in [0, 0.05) is 6.54 Å². The Morgan fingerprint density at radius 1 is 1.36 bits per heavy atom. The minimum atomic E-state index is -3.19. The molecule has 0 bridgehead atoms. The summed E-state index contributed by atoms with van der Waals surface area (Å²) >= 11 is 0. The third-order valence-electron chi connectivity index (χ3n) is 3.41. The number of nitrogens with one attached hydrogen (secondary N) is 2. The average Bonchev–Trinajstić information content (AvgIpc) is 2.65. The van der Waals surface area contributed by atoms with Crippen LogP contribution in [0, 0.1) is 0 Å². The summed E-state index contributed by atoms with van der Waals surface area (Å²) in [4.78, 5) is 11.5. The lowest BCUT2D eigenvalue weighted by molar-refractivity contribution is -0.116. The van der Waals surface area contributed by atoms with Crippen molar-refractivity contribution in [2.45, 2.75) is 32.6 Å². The first-order chi connectivity index (χ1) is 10.5. The Hall–Kier alpha value is -1.60. The lowest BCUT2D eigenvalue weighted by atomic mass is 10.1. The molecule has 1 aliphatic heterocycles. The molecule has 122 valence electrons. The molecule has 1 aliphatic rings. The number of amides is 1. The number of carbonyl (C=O) groups is 1. The van der Waals surface area contributed by atoms with E-state index in [2.05, 4.69) is 10.0 Å². The Labute approximate surface area is 131 Å². The maximum Gasteiger partial charge on any atom is 0.227 e. The Balaban J connectivity index is 1.93. The van der Waals surface area contributed by atoms with Crippen molar-refractivity contribution in [2.24, 2.45) is 0 Å².